The third-order valence-corrected chi connectivity index (χ3v) is 3.71. The van der Waals surface area contributed by atoms with Crippen molar-refractivity contribution in [1.82, 2.24) is 4.98 Å². The molecule has 20 heavy (non-hydrogen) atoms. The Morgan fingerprint density at radius 1 is 1.30 bits per heavy atom. The van der Waals surface area contributed by atoms with Gasteiger partial charge in [-0.25, -0.2) is 0 Å². The Labute approximate surface area is 120 Å². The van der Waals surface area contributed by atoms with E-state index in [0.717, 1.165) is 30.7 Å². The van der Waals surface area contributed by atoms with E-state index in [-0.39, 0.29) is 6.10 Å². The number of rotatable bonds is 4. The molecule has 1 N–H and O–H groups in total. The van der Waals surface area contributed by atoms with E-state index in [1.165, 1.54) is 28.8 Å². The van der Waals surface area contributed by atoms with Crippen LogP contribution in [0.5, 0.6) is 5.75 Å². The number of fused-ring (bicyclic) bond motifs is 2. The maximum absolute atomic E-state index is 5.82. The summed E-state index contributed by atoms with van der Waals surface area (Å²) in [6.45, 7) is 7.18. The van der Waals surface area contributed by atoms with E-state index in [2.05, 4.69) is 38.2 Å². The van der Waals surface area contributed by atoms with Gasteiger partial charge in [0.1, 0.15) is 5.75 Å². The van der Waals surface area contributed by atoms with Crippen LogP contribution in [-0.4, -0.2) is 17.6 Å². The Hall–Kier alpha value is -1.77. The summed E-state index contributed by atoms with van der Waals surface area (Å²) in [5.41, 5.74) is 5.00. The number of hydrogen-bond donors (Lipinski definition) is 1. The van der Waals surface area contributed by atoms with Crippen LogP contribution < -0.4 is 10.1 Å². The van der Waals surface area contributed by atoms with Crippen molar-refractivity contribution >= 4 is 16.6 Å². The first-order valence-electron chi connectivity index (χ1n) is 7.55. The minimum atomic E-state index is 0.192. The lowest BCUT2D eigenvalue weighted by atomic mass is 10.1. The van der Waals surface area contributed by atoms with Crippen LogP contribution in [0.4, 0.5) is 5.69 Å². The molecule has 1 aliphatic rings. The Morgan fingerprint density at radius 2 is 2.15 bits per heavy atom. The van der Waals surface area contributed by atoms with Crippen LogP contribution in [0.2, 0.25) is 0 Å². The van der Waals surface area contributed by atoms with Gasteiger partial charge in [-0.05, 0) is 63.8 Å². The summed E-state index contributed by atoms with van der Waals surface area (Å²) in [6, 6.07) is 6.22. The quantitative estimate of drug-likeness (QED) is 0.913. The highest BCUT2D eigenvalue weighted by molar-refractivity contribution is 5.94. The monoisotopic (exact) mass is 270 g/mol. The lowest BCUT2D eigenvalue weighted by molar-refractivity contribution is 0.243. The average molecular weight is 270 g/mol. The number of aryl methyl sites for hydroxylation is 1. The number of pyridine rings is 1. The molecule has 0 atom stereocenters. The first kappa shape index (κ1) is 13.2. The topological polar surface area (TPSA) is 34.2 Å². The van der Waals surface area contributed by atoms with Gasteiger partial charge in [0, 0.05) is 23.3 Å². The van der Waals surface area contributed by atoms with E-state index >= 15 is 0 Å². The van der Waals surface area contributed by atoms with Crippen LogP contribution in [-0.2, 0) is 12.8 Å². The lowest BCUT2D eigenvalue weighted by Crippen LogP contribution is -2.06. The number of benzene rings is 1. The zero-order valence-electron chi connectivity index (χ0n) is 12.5. The van der Waals surface area contributed by atoms with Crippen LogP contribution in [0, 0.1) is 0 Å². The fraction of sp³-hybridized carbons (Fsp3) is 0.471. The lowest BCUT2D eigenvalue weighted by Gasteiger charge is -2.15. The predicted molar refractivity (Wildman–Crippen MR) is 83.7 cm³/mol. The van der Waals surface area contributed by atoms with Gasteiger partial charge in [0.15, 0.2) is 0 Å². The van der Waals surface area contributed by atoms with Crippen LogP contribution in [0.25, 0.3) is 10.9 Å². The predicted octanol–water partition coefficient (Wildman–Crippen LogP) is 3.94. The third-order valence-electron chi connectivity index (χ3n) is 3.71. The molecule has 0 unspecified atom stereocenters. The van der Waals surface area contributed by atoms with Gasteiger partial charge >= 0.3 is 0 Å². The summed E-state index contributed by atoms with van der Waals surface area (Å²) in [4.78, 5) is 4.82. The second-order valence-electron chi connectivity index (χ2n) is 5.64. The smallest absolute Gasteiger partial charge is 0.120 e. The van der Waals surface area contributed by atoms with Gasteiger partial charge < -0.3 is 10.1 Å². The van der Waals surface area contributed by atoms with E-state index in [4.69, 9.17) is 9.72 Å². The van der Waals surface area contributed by atoms with Crippen LogP contribution in [0.3, 0.4) is 0 Å². The highest BCUT2D eigenvalue weighted by Gasteiger charge is 2.19. The first-order chi connectivity index (χ1) is 9.69. The van der Waals surface area contributed by atoms with Crippen LogP contribution >= 0.6 is 0 Å². The second kappa shape index (κ2) is 5.31. The van der Waals surface area contributed by atoms with Crippen LogP contribution in [0.1, 0.15) is 38.4 Å². The highest BCUT2D eigenvalue weighted by Crippen LogP contribution is 2.35. The molecule has 3 rings (SSSR count). The summed E-state index contributed by atoms with van der Waals surface area (Å²) >= 11 is 0. The van der Waals surface area contributed by atoms with Crippen molar-refractivity contribution in [1.29, 1.82) is 0 Å². The molecule has 1 heterocycles. The molecule has 0 radical (unpaired) electrons. The SMILES string of the molecule is CCNc1c2c(nc3ccc(OC(C)C)cc13)CCC2. The molecular formula is C17H22N2O. The number of nitrogens with one attached hydrogen (secondary N) is 1. The van der Waals surface area contributed by atoms with Crippen molar-refractivity contribution < 1.29 is 4.74 Å². The van der Waals surface area contributed by atoms with E-state index in [9.17, 15) is 0 Å². The maximum Gasteiger partial charge on any atom is 0.120 e. The molecule has 1 aliphatic carbocycles. The summed E-state index contributed by atoms with van der Waals surface area (Å²) in [6.07, 6.45) is 3.65. The number of nitrogens with zero attached hydrogens (tertiary/aromatic N) is 1. The molecule has 0 bridgehead atoms. The summed E-state index contributed by atoms with van der Waals surface area (Å²) in [5.74, 6) is 0.923. The fourth-order valence-electron chi connectivity index (χ4n) is 2.97. The number of aromatic nitrogens is 1. The first-order valence-corrected chi connectivity index (χ1v) is 7.55. The molecule has 3 nitrogen and oxygen atoms in total. The van der Waals surface area contributed by atoms with Crippen molar-refractivity contribution in [3.8, 4) is 5.75 Å². The van der Waals surface area contributed by atoms with Gasteiger partial charge in [0.2, 0.25) is 0 Å². The molecule has 0 fully saturated rings. The minimum Gasteiger partial charge on any atom is -0.491 e. The van der Waals surface area contributed by atoms with Crippen molar-refractivity contribution in [2.24, 2.45) is 0 Å². The van der Waals surface area contributed by atoms with Gasteiger partial charge in [-0.1, -0.05) is 0 Å². The van der Waals surface area contributed by atoms with Crippen LogP contribution in [0.15, 0.2) is 18.2 Å². The molecule has 2 aromatic rings. The molecule has 1 aromatic carbocycles. The summed E-state index contributed by atoms with van der Waals surface area (Å²) in [7, 11) is 0. The normalized spacial score (nSPS) is 13.8. The molecule has 106 valence electrons. The maximum atomic E-state index is 5.82. The van der Waals surface area contributed by atoms with E-state index in [0.29, 0.717) is 0 Å². The van der Waals surface area contributed by atoms with Crippen molar-refractivity contribution in [2.45, 2.75) is 46.1 Å². The molecule has 0 spiro atoms. The van der Waals surface area contributed by atoms with Gasteiger partial charge in [-0.3, -0.25) is 4.98 Å². The van der Waals surface area contributed by atoms with Gasteiger partial charge in [-0.15, -0.1) is 0 Å². The largest absolute Gasteiger partial charge is 0.491 e. The van der Waals surface area contributed by atoms with Crippen molar-refractivity contribution in [3.05, 3.63) is 29.5 Å². The molecule has 0 saturated heterocycles. The molecule has 0 aliphatic heterocycles. The Morgan fingerprint density at radius 3 is 2.90 bits per heavy atom. The van der Waals surface area contributed by atoms with E-state index in [1.807, 2.05) is 6.07 Å². The zero-order chi connectivity index (χ0) is 14.1. The summed E-state index contributed by atoms with van der Waals surface area (Å²) in [5, 5.41) is 4.72. The highest BCUT2D eigenvalue weighted by atomic mass is 16.5. The molecule has 0 saturated carbocycles. The zero-order valence-corrected chi connectivity index (χ0v) is 12.5. The third kappa shape index (κ3) is 2.33. The minimum absolute atomic E-state index is 0.192. The number of hydrogen-bond acceptors (Lipinski definition) is 3. The van der Waals surface area contributed by atoms with E-state index in [1.54, 1.807) is 0 Å². The van der Waals surface area contributed by atoms with Crippen molar-refractivity contribution in [3.63, 3.8) is 0 Å². The molecular weight excluding hydrogens is 248 g/mol. The van der Waals surface area contributed by atoms with Gasteiger partial charge in [-0.2, -0.15) is 0 Å². The summed E-state index contributed by atoms with van der Waals surface area (Å²) < 4.78 is 5.82. The Kier molecular flexibility index (Phi) is 3.51. The van der Waals surface area contributed by atoms with Gasteiger partial charge in [0.25, 0.3) is 0 Å². The molecule has 0 amide bonds. The Bertz CT molecular complexity index is 634. The molecule has 1 aromatic heterocycles. The molecule has 3 heteroatoms. The van der Waals surface area contributed by atoms with E-state index < -0.39 is 0 Å². The standard InChI is InChI=1S/C17H22N2O/c1-4-18-17-13-6-5-7-15(13)19-16-9-8-12(10-14(16)17)20-11(2)3/h8-11H,4-7H2,1-3H3,(H,18,19). The second-order valence-corrected chi connectivity index (χ2v) is 5.64. The Balaban J connectivity index is 2.16. The average Bonchev–Trinajstić information content (AvgIpc) is 2.86. The van der Waals surface area contributed by atoms with Crippen molar-refractivity contribution in [2.75, 3.05) is 11.9 Å². The van der Waals surface area contributed by atoms with Gasteiger partial charge in [0.05, 0.1) is 11.6 Å². The fourth-order valence-corrected chi connectivity index (χ4v) is 2.97. The number of anilines is 1. The number of ether oxygens (including phenoxy) is 1.